The lowest BCUT2D eigenvalue weighted by Gasteiger charge is -2.00. The smallest absolute Gasteiger partial charge is 0.142 e. The van der Waals surface area contributed by atoms with Crippen LogP contribution in [-0.4, -0.2) is 6.29 Å². The Bertz CT molecular complexity index is 567. The van der Waals surface area contributed by atoms with E-state index in [1.165, 1.54) is 6.08 Å². The van der Waals surface area contributed by atoms with Gasteiger partial charge in [0.25, 0.3) is 0 Å². The van der Waals surface area contributed by atoms with Crippen molar-refractivity contribution in [2.24, 2.45) is 0 Å². The van der Waals surface area contributed by atoms with Gasteiger partial charge in [-0.15, -0.1) is 0 Å². The number of rotatable bonds is 3. The van der Waals surface area contributed by atoms with E-state index in [0.29, 0.717) is 17.1 Å². The van der Waals surface area contributed by atoms with Crippen LogP contribution in [0, 0.1) is 6.92 Å². The minimum atomic E-state index is 0.642. The Morgan fingerprint density at radius 1 is 1.24 bits per heavy atom. The first-order valence-electron chi connectivity index (χ1n) is 5.19. The van der Waals surface area contributed by atoms with E-state index in [1.807, 2.05) is 37.3 Å². The summed E-state index contributed by atoms with van der Waals surface area (Å²) in [5.41, 5.74) is 1.95. The van der Waals surface area contributed by atoms with Crippen LogP contribution in [0.25, 0.3) is 17.4 Å². The van der Waals surface area contributed by atoms with E-state index < -0.39 is 0 Å². The Morgan fingerprint density at radius 3 is 2.76 bits per heavy atom. The highest BCUT2D eigenvalue weighted by atomic mass is 35.5. The minimum absolute atomic E-state index is 0.642. The zero-order chi connectivity index (χ0) is 12.3. The standard InChI is InChI=1S/C14H11ClO2/c1-10-4-5-11(9-13(10)15)14-7-6-12(17-14)3-2-8-16/h2-9H,1H3/b3-2+. The van der Waals surface area contributed by atoms with Crippen LogP contribution in [0.5, 0.6) is 0 Å². The summed E-state index contributed by atoms with van der Waals surface area (Å²) in [5.74, 6) is 1.38. The average Bonchev–Trinajstić information content (AvgIpc) is 2.79. The molecule has 0 amide bonds. The number of aldehydes is 1. The van der Waals surface area contributed by atoms with Gasteiger partial charge in [0.2, 0.25) is 0 Å². The van der Waals surface area contributed by atoms with Crippen LogP contribution >= 0.6 is 11.6 Å². The largest absolute Gasteiger partial charge is 0.457 e. The van der Waals surface area contributed by atoms with Crippen molar-refractivity contribution >= 4 is 24.0 Å². The topological polar surface area (TPSA) is 30.2 Å². The number of carbonyl (C=O) groups is 1. The van der Waals surface area contributed by atoms with Gasteiger partial charge in [-0.05, 0) is 42.8 Å². The van der Waals surface area contributed by atoms with E-state index in [-0.39, 0.29) is 0 Å². The molecule has 2 rings (SSSR count). The number of hydrogen-bond acceptors (Lipinski definition) is 2. The Labute approximate surface area is 105 Å². The SMILES string of the molecule is Cc1ccc(-c2ccc(/C=C/C=O)o2)cc1Cl. The first kappa shape index (κ1) is 11.7. The lowest BCUT2D eigenvalue weighted by Crippen LogP contribution is -1.77. The van der Waals surface area contributed by atoms with Crippen molar-refractivity contribution in [1.29, 1.82) is 0 Å². The molecule has 0 bridgehead atoms. The second kappa shape index (κ2) is 5.02. The van der Waals surface area contributed by atoms with Crippen molar-refractivity contribution in [3.05, 3.63) is 52.8 Å². The Kier molecular flexibility index (Phi) is 3.45. The van der Waals surface area contributed by atoms with E-state index in [0.717, 1.165) is 16.9 Å². The maximum atomic E-state index is 10.2. The van der Waals surface area contributed by atoms with Crippen molar-refractivity contribution in [2.45, 2.75) is 6.92 Å². The van der Waals surface area contributed by atoms with E-state index in [2.05, 4.69) is 0 Å². The van der Waals surface area contributed by atoms with Gasteiger partial charge in [-0.2, -0.15) is 0 Å². The molecule has 0 unspecified atom stereocenters. The summed E-state index contributed by atoms with van der Waals surface area (Å²) >= 11 is 6.05. The van der Waals surface area contributed by atoms with Gasteiger partial charge in [-0.25, -0.2) is 0 Å². The number of hydrogen-bond donors (Lipinski definition) is 0. The molecular formula is C14H11ClO2. The molecule has 0 aliphatic heterocycles. The van der Waals surface area contributed by atoms with Crippen molar-refractivity contribution in [2.75, 3.05) is 0 Å². The quantitative estimate of drug-likeness (QED) is 0.602. The van der Waals surface area contributed by atoms with E-state index >= 15 is 0 Å². The second-order valence-corrected chi connectivity index (χ2v) is 4.07. The molecule has 0 aliphatic carbocycles. The highest BCUT2D eigenvalue weighted by molar-refractivity contribution is 6.31. The molecule has 0 spiro atoms. The van der Waals surface area contributed by atoms with Gasteiger partial charge in [0.05, 0.1) is 0 Å². The third-order valence-electron chi connectivity index (χ3n) is 2.42. The third kappa shape index (κ3) is 2.66. The Morgan fingerprint density at radius 2 is 2.06 bits per heavy atom. The minimum Gasteiger partial charge on any atom is -0.457 e. The van der Waals surface area contributed by atoms with Crippen LogP contribution in [0.1, 0.15) is 11.3 Å². The normalized spacial score (nSPS) is 10.9. The molecule has 3 heteroatoms. The van der Waals surface area contributed by atoms with E-state index in [4.69, 9.17) is 16.0 Å². The molecule has 86 valence electrons. The highest BCUT2D eigenvalue weighted by Gasteiger charge is 2.04. The van der Waals surface area contributed by atoms with Gasteiger partial charge < -0.3 is 4.42 Å². The van der Waals surface area contributed by atoms with Gasteiger partial charge in [-0.3, -0.25) is 4.79 Å². The van der Waals surface area contributed by atoms with Crippen molar-refractivity contribution in [3.63, 3.8) is 0 Å². The van der Waals surface area contributed by atoms with Crippen LogP contribution in [0.4, 0.5) is 0 Å². The average molecular weight is 247 g/mol. The number of benzene rings is 1. The van der Waals surface area contributed by atoms with Gasteiger partial charge in [0.1, 0.15) is 17.8 Å². The molecule has 0 saturated carbocycles. The van der Waals surface area contributed by atoms with Gasteiger partial charge in [0, 0.05) is 10.6 Å². The first-order valence-corrected chi connectivity index (χ1v) is 5.56. The molecule has 0 saturated heterocycles. The zero-order valence-electron chi connectivity index (χ0n) is 9.31. The molecular weight excluding hydrogens is 236 g/mol. The van der Waals surface area contributed by atoms with Crippen molar-refractivity contribution in [1.82, 2.24) is 0 Å². The number of furan rings is 1. The molecule has 0 atom stereocenters. The van der Waals surface area contributed by atoms with Crippen molar-refractivity contribution in [3.8, 4) is 11.3 Å². The number of aryl methyl sites for hydroxylation is 1. The molecule has 1 aromatic carbocycles. The van der Waals surface area contributed by atoms with Crippen LogP contribution in [0.2, 0.25) is 5.02 Å². The second-order valence-electron chi connectivity index (χ2n) is 3.66. The fraction of sp³-hybridized carbons (Fsp3) is 0.0714. The van der Waals surface area contributed by atoms with Gasteiger partial charge >= 0.3 is 0 Å². The molecule has 1 heterocycles. The summed E-state index contributed by atoms with van der Waals surface area (Å²) < 4.78 is 5.56. The zero-order valence-corrected chi connectivity index (χ0v) is 10.1. The maximum absolute atomic E-state index is 10.2. The molecule has 0 fully saturated rings. The lowest BCUT2D eigenvalue weighted by molar-refractivity contribution is -0.104. The fourth-order valence-corrected chi connectivity index (χ4v) is 1.66. The predicted octanol–water partition coefficient (Wildman–Crippen LogP) is 4.12. The van der Waals surface area contributed by atoms with Gasteiger partial charge in [0.15, 0.2) is 0 Å². The molecule has 1 aromatic heterocycles. The summed E-state index contributed by atoms with van der Waals surface area (Å²) in [6.45, 7) is 1.95. The van der Waals surface area contributed by atoms with Crippen LogP contribution < -0.4 is 0 Å². The van der Waals surface area contributed by atoms with Crippen molar-refractivity contribution < 1.29 is 9.21 Å². The molecule has 0 radical (unpaired) electrons. The monoisotopic (exact) mass is 246 g/mol. The number of allylic oxidation sites excluding steroid dienone is 1. The highest BCUT2D eigenvalue weighted by Crippen LogP contribution is 2.27. The summed E-state index contributed by atoms with van der Waals surface area (Å²) in [6.07, 6.45) is 3.72. The summed E-state index contributed by atoms with van der Waals surface area (Å²) in [7, 11) is 0. The molecule has 17 heavy (non-hydrogen) atoms. The summed E-state index contributed by atoms with van der Waals surface area (Å²) in [6, 6.07) is 9.42. The third-order valence-corrected chi connectivity index (χ3v) is 2.83. The lowest BCUT2D eigenvalue weighted by atomic mass is 10.1. The summed E-state index contributed by atoms with van der Waals surface area (Å²) in [5, 5.41) is 0.712. The van der Waals surface area contributed by atoms with Gasteiger partial charge in [-0.1, -0.05) is 23.7 Å². The van der Waals surface area contributed by atoms with Crippen LogP contribution in [0.15, 0.2) is 40.8 Å². The first-order chi connectivity index (χ1) is 8.20. The molecule has 0 aliphatic rings. The number of halogens is 1. The van der Waals surface area contributed by atoms with E-state index in [1.54, 1.807) is 6.08 Å². The fourth-order valence-electron chi connectivity index (χ4n) is 1.48. The van der Waals surface area contributed by atoms with Crippen LogP contribution in [-0.2, 0) is 4.79 Å². The molecule has 0 N–H and O–H groups in total. The van der Waals surface area contributed by atoms with Crippen LogP contribution in [0.3, 0.4) is 0 Å². The molecule has 2 aromatic rings. The summed E-state index contributed by atoms with van der Waals surface area (Å²) in [4.78, 5) is 10.2. The Hall–Kier alpha value is -1.80. The maximum Gasteiger partial charge on any atom is 0.142 e. The predicted molar refractivity (Wildman–Crippen MR) is 69.0 cm³/mol. The number of carbonyl (C=O) groups excluding carboxylic acids is 1. The van der Waals surface area contributed by atoms with E-state index in [9.17, 15) is 4.79 Å². The molecule has 2 nitrogen and oxygen atoms in total. The Balaban J connectivity index is 2.33.